The van der Waals surface area contributed by atoms with Crippen LogP contribution < -0.4 is 5.32 Å². The monoisotopic (exact) mass is 332 g/mol. The van der Waals surface area contributed by atoms with Gasteiger partial charge in [0.15, 0.2) is 0 Å². The van der Waals surface area contributed by atoms with E-state index in [-0.39, 0.29) is 18.3 Å². The zero-order valence-corrected chi connectivity index (χ0v) is 14.6. The average Bonchev–Trinajstić information content (AvgIpc) is 2.86. The Balaban J connectivity index is 2.05. The summed E-state index contributed by atoms with van der Waals surface area (Å²) in [5.74, 6) is -0.106. The first-order chi connectivity index (χ1) is 11.5. The summed E-state index contributed by atoms with van der Waals surface area (Å²) >= 11 is 0. The molecule has 0 unspecified atom stereocenters. The van der Waals surface area contributed by atoms with Crippen molar-refractivity contribution in [1.29, 1.82) is 0 Å². The number of nitrogens with one attached hydrogen (secondary N) is 1. The number of halogens is 1. The molecule has 5 heteroatoms. The Morgan fingerprint density at radius 3 is 2.67 bits per heavy atom. The summed E-state index contributed by atoms with van der Waals surface area (Å²) in [4.78, 5) is 11.8. The Labute approximate surface area is 142 Å². The summed E-state index contributed by atoms with van der Waals surface area (Å²) in [7, 11) is 3.40. The van der Waals surface area contributed by atoms with Crippen molar-refractivity contribution in [2.45, 2.75) is 51.1 Å². The number of esters is 1. The lowest BCUT2D eigenvalue weighted by atomic mass is 9.80. The first kappa shape index (κ1) is 17.0. The highest BCUT2D eigenvalue weighted by Gasteiger charge is 2.27. The van der Waals surface area contributed by atoms with Crippen LogP contribution in [0, 0.1) is 12.7 Å². The number of methoxy groups -OCH3 is 1. The molecule has 1 heterocycles. The lowest BCUT2D eigenvalue weighted by Gasteiger charge is -2.28. The second kappa shape index (κ2) is 6.93. The molecule has 0 radical (unpaired) electrons. The van der Waals surface area contributed by atoms with Crippen molar-refractivity contribution in [2.75, 3.05) is 14.2 Å². The van der Waals surface area contributed by atoms with E-state index >= 15 is 0 Å². The lowest BCUT2D eigenvalue weighted by molar-refractivity contribution is -0.141. The predicted octanol–water partition coefficient (Wildman–Crippen LogP) is 3.51. The van der Waals surface area contributed by atoms with Crippen molar-refractivity contribution in [3.63, 3.8) is 0 Å². The number of nitrogens with zero attached hydrogens (tertiary/aromatic N) is 1. The van der Waals surface area contributed by atoms with Gasteiger partial charge in [-0.25, -0.2) is 4.39 Å². The highest BCUT2D eigenvalue weighted by Crippen LogP contribution is 2.40. The fourth-order valence-corrected chi connectivity index (χ4v) is 4.06. The van der Waals surface area contributed by atoms with Crippen molar-refractivity contribution >= 4 is 16.9 Å². The number of rotatable bonds is 4. The van der Waals surface area contributed by atoms with Gasteiger partial charge in [0.2, 0.25) is 0 Å². The third-order valence-electron chi connectivity index (χ3n) is 5.39. The van der Waals surface area contributed by atoms with Crippen molar-refractivity contribution < 1.29 is 13.9 Å². The molecule has 0 atom stereocenters. The largest absolute Gasteiger partial charge is 0.468 e. The van der Waals surface area contributed by atoms with Gasteiger partial charge in [-0.1, -0.05) is 0 Å². The maximum Gasteiger partial charge on any atom is 0.325 e. The molecule has 2 aromatic rings. The van der Waals surface area contributed by atoms with E-state index in [4.69, 9.17) is 4.74 Å². The Bertz CT molecular complexity index is 745. The predicted molar refractivity (Wildman–Crippen MR) is 92.7 cm³/mol. The topological polar surface area (TPSA) is 43.3 Å². The average molecular weight is 332 g/mol. The van der Waals surface area contributed by atoms with Crippen molar-refractivity contribution in [1.82, 2.24) is 9.88 Å². The summed E-state index contributed by atoms with van der Waals surface area (Å²) < 4.78 is 20.6. The van der Waals surface area contributed by atoms with Crippen molar-refractivity contribution in [3.8, 4) is 0 Å². The number of fused-ring (bicyclic) bond motifs is 1. The molecule has 4 nitrogen and oxygen atoms in total. The van der Waals surface area contributed by atoms with Crippen molar-refractivity contribution in [2.24, 2.45) is 0 Å². The van der Waals surface area contributed by atoms with Gasteiger partial charge in [0.05, 0.1) is 7.11 Å². The maximum absolute atomic E-state index is 13.9. The first-order valence-electron chi connectivity index (χ1n) is 8.57. The number of carbonyl (C=O) groups is 1. The van der Waals surface area contributed by atoms with Crippen LogP contribution in [0.3, 0.4) is 0 Å². The molecule has 3 rings (SSSR count). The van der Waals surface area contributed by atoms with Crippen molar-refractivity contribution in [3.05, 3.63) is 35.3 Å². The molecule has 1 aromatic carbocycles. The van der Waals surface area contributed by atoms with E-state index < -0.39 is 0 Å². The van der Waals surface area contributed by atoms with Crippen LogP contribution in [0.25, 0.3) is 10.9 Å². The zero-order valence-electron chi connectivity index (χ0n) is 14.6. The summed E-state index contributed by atoms with van der Waals surface area (Å²) in [6.45, 7) is 2.19. The molecule has 1 N–H and O–H groups in total. The number of benzene rings is 1. The summed E-state index contributed by atoms with van der Waals surface area (Å²) in [5.41, 5.74) is 3.15. The smallest absolute Gasteiger partial charge is 0.325 e. The fourth-order valence-electron chi connectivity index (χ4n) is 4.06. The van der Waals surface area contributed by atoms with Crippen LogP contribution in [0.5, 0.6) is 0 Å². The number of hydrogen-bond donors (Lipinski definition) is 1. The standard InChI is InChI=1S/C19H25FN2O2/c1-12-19(13-4-7-15(21-2)8-5-13)16-10-14(20)6-9-17(16)22(12)11-18(23)24-3/h6,9-10,13,15,21H,4-5,7-8,11H2,1-3H3. The normalized spacial score (nSPS) is 21.2. The highest BCUT2D eigenvalue weighted by molar-refractivity contribution is 5.87. The van der Waals surface area contributed by atoms with Gasteiger partial charge in [-0.05, 0) is 69.3 Å². The van der Waals surface area contributed by atoms with Crippen LogP contribution >= 0.6 is 0 Å². The third-order valence-corrected chi connectivity index (χ3v) is 5.39. The fraction of sp³-hybridized carbons (Fsp3) is 0.526. The molecule has 0 aliphatic heterocycles. The molecular formula is C19H25FN2O2. The Kier molecular flexibility index (Phi) is 4.90. The molecule has 130 valence electrons. The van der Waals surface area contributed by atoms with Gasteiger partial charge >= 0.3 is 5.97 Å². The maximum atomic E-state index is 13.9. The second-order valence-corrected chi connectivity index (χ2v) is 6.66. The molecule has 1 aliphatic carbocycles. The molecule has 0 bridgehead atoms. The zero-order chi connectivity index (χ0) is 17.3. The van der Waals surface area contributed by atoms with E-state index in [2.05, 4.69) is 5.32 Å². The van der Waals surface area contributed by atoms with Crippen LogP contribution in [0.15, 0.2) is 18.2 Å². The highest BCUT2D eigenvalue weighted by atomic mass is 19.1. The summed E-state index contributed by atoms with van der Waals surface area (Å²) in [6, 6.07) is 5.40. The molecule has 1 fully saturated rings. The lowest BCUT2D eigenvalue weighted by Crippen LogP contribution is -2.29. The van der Waals surface area contributed by atoms with E-state index in [9.17, 15) is 9.18 Å². The molecule has 0 amide bonds. The van der Waals surface area contributed by atoms with Gasteiger partial charge in [-0.2, -0.15) is 0 Å². The van der Waals surface area contributed by atoms with Crippen LogP contribution in [0.4, 0.5) is 4.39 Å². The number of hydrogen-bond acceptors (Lipinski definition) is 3. The molecular weight excluding hydrogens is 307 g/mol. The Morgan fingerprint density at radius 2 is 2.04 bits per heavy atom. The summed E-state index contributed by atoms with van der Waals surface area (Å²) in [6.07, 6.45) is 4.42. The van der Waals surface area contributed by atoms with Gasteiger partial charge in [0.1, 0.15) is 12.4 Å². The van der Waals surface area contributed by atoms with Gasteiger partial charge in [0.25, 0.3) is 0 Å². The van der Waals surface area contributed by atoms with Gasteiger partial charge in [0, 0.05) is 22.6 Å². The van der Waals surface area contributed by atoms with Crippen LogP contribution in [0.1, 0.15) is 42.9 Å². The number of carbonyl (C=O) groups excluding carboxylic acids is 1. The third kappa shape index (κ3) is 3.05. The minimum absolute atomic E-state index is 0.163. The number of aromatic nitrogens is 1. The first-order valence-corrected chi connectivity index (χ1v) is 8.57. The Morgan fingerprint density at radius 1 is 1.33 bits per heavy atom. The van der Waals surface area contributed by atoms with Crippen LogP contribution in [0.2, 0.25) is 0 Å². The molecule has 0 spiro atoms. The Hall–Kier alpha value is -1.88. The molecule has 1 saturated carbocycles. The molecule has 24 heavy (non-hydrogen) atoms. The van der Waals surface area contributed by atoms with Gasteiger partial charge in [-0.3, -0.25) is 4.79 Å². The second-order valence-electron chi connectivity index (χ2n) is 6.66. The van der Waals surface area contributed by atoms with Crippen LogP contribution in [-0.4, -0.2) is 30.7 Å². The van der Waals surface area contributed by atoms with E-state index in [1.807, 2.05) is 18.5 Å². The number of ether oxygens (including phenoxy) is 1. The van der Waals surface area contributed by atoms with E-state index in [0.29, 0.717) is 12.0 Å². The van der Waals surface area contributed by atoms with E-state index in [0.717, 1.165) is 42.3 Å². The van der Waals surface area contributed by atoms with Gasteiger partial charge in [-0.15, -0.1) is 0 Å². The summed E-state index contributed by atoms with van der Waals surface area (Å²) in [5, 5.41) is 4.28. The van der Waals surface area contributed by atoms with E-state index in [1.165, 1.54) is 18.7 Å². The SMILES string of the molecule is CNC1CCC(c2c(C)n(CC(=O)OC)c3ccc(F)cc23)CC1. The minimum Gasteiger partial charge on any atom is -0.468 e. The molecule has 1 aromatic heterocycles. The van der Waals surface area contributed by atoms with E-state index in [1.54, 1.807) is 12.1 Å². The minimum atomic E-state index is -0.287. The van der Waals surface area contributed by atoms with Gasteiger partial charge < -0.3 is 14.6 Å². The quantitative estimate of drug-likeness (QED) is 0.872. The van der Waals surface area contributed by atoms with Crippen LogP contribution in [-0.2, 0) is 16.1 Å². The molecule has 0 saturated heterocycles. The molecule has 1 aliphatic rings.